The molecular formula is C16H22FNO3S. The Labute approximate surface area is 134 Å². The second-order valence-electron chi connectivity index (χ2n) is 5.99. The van der Waals surface area contributed by atoms with E-state index < -0.39 is 12.1 Å². The van der Waals surface area contributed by atoms with Gasteiger partial charge in [0.25, 0.3) is 5.91 Å². The molecule has 1 atom stereocenters. The maximum absolute atomic E-state index is 12.8. The Kier molecular flexibility index (Phi) is 6.87. The Bertz CT molecular complexity index is 511. The summed E-state index contributed by atoms with van der Waals surface area (Å²) in [5, 5.41) is 2.75. The highest BCUT2D eigenvalue weighted by Gasteiger charge is 2.22. The average molecular weight is 327 g/mol. The molecule has 22 heavy (non-hydrogen) atoms. The van der Waals surface area contributed by atoms with Gasteiger partial charge in [-0.1, -0.05) is 12.1 Å². The van der Waals surface area contributed by atoms with Gasteiger partial charge in [0.2, 0.25) is 0 Å². The van der Waals surface area contributed by atoms with Crippen LogP contribution in [0.3, 0.4) is 0 Å². The fraction of sp³-hybridized carbons (Fsp3) is 0.500. The fourth-order valence-corrected chi connectivity index (χ4v) is 2.35. The SMILES string of the molecule is CC(OC(=O)CSCc1ccc(F)cc1)C(=O)NC(C)(C)C. The summed E-state index contributed by atoms with van der Waals surface area (Å²) in [6, 6.07) is 6.11. The molecule has 6 heteroatoms. The zero-order valence-electron chi connectivity index (χ0n) is 13.3. The minimum Gasteiger partial charge on any atom is -0.452 e. The molecule has 1 unspecified atom stereocenters. The van der Waals surface area contributed by atoms with E-state index in [1.807, 2.05) is 20.8 Å². The molecule has 0 bridgehead atoms. The number of amides is 1. The molecule has 1 aromatic carbocycles. The van der Waals surface area contributed by atoms with Gasteiger partial charge in [-0.15, -0.1) is 11.8 Å². The molecule has 0 aliphatic carbocycles. The molecule has 0 aliphatic heterocycles. The summed E-state index contributed by atoms with van der Waals surface area (Å²) < 4.78 is 17.8. The lowest BCUT2D eigenvalue weighted by atomic mass is 10.1. The van der Waals surface area contributed by atoms with Crippen LogP contribution in [0.25, 0.3) is 0 Å². The number of carbonyl (C=O) groups excluding carboxylic acids is 2. The van der Waals surface area contributed by atoms with Gasteiger partial charge in [0, 0.05) is 11.3 Å². The third-order valence-electron chi connectivity index (χ3n) is 2.58. The van der Waals surface area contributed by atoms with Crippen LogP contribution < -0.4 is 5.32 Å². The van der Waals surface area contributed by atoms with Gasteiger partial charge < -0.3 is 10.1 Å². The van der Waals surface area contributed by atoms with Gasteiger partial charge in [-0.2, -0.15) is 0 Å². The number of ether oxygens (including phenoxy) is 1. The molecule has 1 rings (SSSR count). The van der Waals surface area contributed by atoms with Crippen molar-refractivity contribution in [2.75, 3.05) is 5.75 Å². The zero-order chi connectivity index (χ0) is 16.8. The number of hydrogen-bond donors (Lipinski definition) is 1. The van der Waals surface area contributed by atoms with Crippen LogP contribution in [0.5, 0.6) is 0 Å². The first-order valence-electron chi connectivity index (χ1n) is 7.01. The van der Waals surface area contributed by atoms with Gasteiger partial charge in [-0.05, 0) is 45.4 Å². The summed E-state index contributed by atoms with van der Waals surface area (Å²) >= 11 is 1.36. The number of halogens is 1. The van der Waals surface area contributed by atoms with E-state index >= 15 is 0 Å². The average Bonchev–Trinajstić information content (AvgIpc) is 2.39. The van der Waals surface area contributed by atoms with Crippen molar-refractivity contribution in [3.05, 3.63) is 35.6 Å². The van der Waals surface area contributed by atoms with E-state index in [1.54, 1.807) is 19.1 Å². The second kappa shape index (κ2) is 8.17. The van der Waals surface area contributed by atoms with Crippen molar-refractivity contribution in [3.63, 3.8) is 0 Å². The molecule has 0 radical (unpaired) electrons. The first kappa shape index (κ1) is 18.5. The first-order valence-corrected chi connectivity index (χ1v) is 8.16. The molecule has 0 aliphatic rings. The molecule has 1 amide bonds. The van der Waals surface area contributed by atoms with E-state index in [9.17, 15) is 14.0 Å². The highest BCUT2D eigenvalue weighted by atomic mass is 32.2. The molecule has 0 heterocycles. The lowest BCUT2D eigenvalue weighted by Crippen LogP contribution is -2.46. The molecule has 0 spiro atoms. The largest absolute Gasteiger partial charge is 0.452 e. The number of esters is 1. The smallest absolute Gasteiger partial charge is 0.316 e. The number of hydrogen-bond acceptors (Lipinski definition) is 4. The predicted octanol–water partition coefficient (Wildman–Crippen LogP) is 2.91. The number of nitrogens with one attached hydrogen (secondary N) is 1. The molecule has 0 saturated heterocycles. The number of benzene rings is 1. The predicted molar refractivity (Wildman–Crippen MR) is 86.0 cm³/mol. The van der Waals surface area contributed by atoms with Gasteiger partial charge in [0.1, 0.15) is 5.82 Å². The van der Waals surface area contributed by atoms with Crippen LogP contribution in [-0.2, 0) is 20.1 Å². The van der Waals surface area contributed by atoms with Crippen molar-refractivity contribution in [1.82, 2.24) is 5.32 Å². The minimum absolute atomic E-state index is 0.143. The highest BCUT2D eigenvalue weighted by Crippen LogP contribution is 2.13. The lowest BCUT2D eigenvalue weighted by molar-refractivity contribution is -0.152. The quantitative estimate of drug-likeness (QED) is 0.816. The molecule has 0 aromatic heterocycles. The van der Waals surface area contributed by atoms with Crippen molar-refractivity contribution in [1.29, 1.82) is 0 Å². The summed E-state index contributed by atoms with van der Waals surface area (Å²) in [6.07, 6.45) is -0.821. The van der Waals surface area contributed by atoms with Crippen LogP contribution in [0, 0.1) is 5.82 Å². The Morgan fingerprint density at radius 1 is 1.27 bits per heavy atom. The van der Waals surface area contributed by atoms with Gasteiger partial charge in [0.15, 0.2) is 6.10 Å². The molecule has 0 saturated carbocycles. The van der Waals surface area contributed by atoms with E-state index in [4.69, 9.17) is 4.74 Å². The minimum atomic E-state index is -0.821. The fourth-order valence-electron chi connectivity index (χ4n) is 1.59. The van der Waals surface area contributed by atoms with E-state index in [-0.39, 0.29) is 23.0 Å². The monoisotopic (exact) mass is 327 g/mol. The molecular weight excluding hydrogens is 305 g/mol. The number of thioether (sulfide) groups is 1. The van der Waals surface area contributed by atoms with Crippen LogP contribution in [0.15, 0.2) is 24.3 Å². The van der Waals surface area contributed by atoms with Crippen LogP contribution in [-0.4, -0.2) is 29.3 Å². The highest BCUT2D eigenvalue weighted by molar-refractivity contribution is 7.99. The third-order valence-corrected chi connectivity index (χ3v) is 3.55. The van der Waals surface area contributed by atoms with Crippen molar-refractivity contribution in [2.24, 2.45) is 0 Å². The van der Waals surface area contributed by atoms with E-state index in [2.05, 4.69) is 5.32 Å². The maximum Gasteiger partial charge on any atom is 0.316 e. The van der Waals surface area contributed by atoms with Crippen LogP contribution >= 0.6 is 11.8 Å². The first-order chi connectivity index (χ1) is 10.2. The van der Waals surface area contributed by atoms with Gasteiger partial charge in [-0.3, -0.25) is 9.59 Å². The van der Waals surface area contributed by atoms with Crippen molar-refractivity contribution in [2.45, 2.75) is 45.1 Å². The summed E-state index contributed by atoms with van der Waals surface area (Å²) in [5.74, 6) is -0.317. The summed E-state index contributed by atoms with van der Waals surface area (Å²) in [4.78, 5) is 23.5. The number of rotatable bonds is 6. The second-order valence-corrected chi connectivity index (χ2v) is 6.98. The topological polar surface area (TPSA) is 55.4 Å². The van der Waals surface area contributed by atoms with E-state index in [0.717, 1.165) is 5.56 Å². The van der Waals surface area contributed by atoms with Gasteiger partial charge in [0.05, 0.1) is 5.75 Å². The maximum atomic E-state index is 12.8. The Balaban J connectivity index is 2.30. The zero-order valence-corrected chi connectivity index (χ0v) is 14.1. The van der Waals surface area contributed by atoms with Gasteiger partial charge in [-0.25, -0.2) is 4.39 Å². The van der Waals surface area contributed by atoms with Crippen LogP contribution in [0.4, 0.5) is 4.39 Å². The summed E-state index contributed by atoms with van der Waals surface area (Å²) in [5.41, 5.74) is 0.562. The molecule has 122 valence electrons. The van der Waals surface area contributed by atoms with Crippen LogP contribution in [0.1, 0.15) is 33.3 Å². The van der Waals surface area contributed by atoms with Crippen molar-refractivity contribution < 1.29 is 18.7 Å². The van der Waals surface area contributed by atoms with Crippen molar-refractivity contribution >= 4 is 23.6 Å². The van der Waals surface area contributed by atoms with Crippen LogP contribution in [0.2, 0.25) is 0 Å². The summed E-state index contributed by atoms with van der Waals surface area (Å²) in [6.45, 7) is 7.12. The molecule has 1 N–H and O–H groups in total. The third kappa shape index (κ3) is 7.45. The standard InChI is InChI=1S/C16H22FNO3S/c1-11(15(20)18-16(2,3)4)21-14(19)10-22-9-12-5-7-13(17)8-6-12/h5-8,11H,9-10H2,1-4H3,(H,18,20). The van der Waals surface area contributed by atoms with E-state index in [0.29, 0.717) is 5.75 Å². The lowest BCUT2D eigenvalue weighted by Gasteiger charge is -2.23. The van der Waals surface area contributed by atoms with E-state index in [1.165, 1.54) is 23.9 Å². The molecule has 4 nitrogen and oxygen atoms in total. The molecule has 0 fully saturated rings. The Morgan fingerprint density at radius 3 is 2.41 bits per heavy atom. The van der Waals surface area contributed by atoms with Crippen molar-refractivity contribution in [3.8, 4) is 0 Å². The Morgan fingerprint density at radius 2 is 1.86 bits per heavy atom. The normalized spacial score (nSPS) is 12.6. The number of carbonyl (C=O) groups is 2. The van der Waals surface area contributed by atoms with Gasteiger partial charge >= 0.3 is 5.97 Å². The summed E-state index contributed by atoms with van der Waals surface area (Å²) in [7, 11) is 0. The molecule has 1 aromatic rings. The Hall–Kier alpha value is -1.56.